The van der Waals surface area contributed by atoms with Crippen LogP contribution in [-0.2, 0) is 16.6 Å². The highest BCUT2D eigenvalue weighted by atomic mass is 32.2. The number of hydrogen-bond acceptors (Lipinski definition) is 6. The van der Waals surface area contributed by atoms with Crippen LogP contribution in [0.15, 0.2) is 22.5 Å². The Morgan fingerprint density at radius 1 is 1.45 bits per heavy atom. The zero-order chi connectivity index (χ0) is 14.2. The Hall–Kier alpha value is -0.960. The summed E-state index contributed by atoms with van der Waals surface area (Å²) in [4.78, 5) is 6.34. The standard InChI is InChI=1S/C12H15N3O2S3/c1-8-5-14-12(19-8)15-20(16,17)11-4-10(18-7-11)6-13-9-2-3-9/h4-5,7,9,13H,2-3,6H2,1H3,(H,14,15). The van der Waals surface area contributed by atoms with Gasteiger partial charge >= 0.3 is 0 Å². The lowest BCUT2D eigenvalue weighted by atomic mass is 10.4. The third-order valence-corrected chi connectivity index (χ3v) is 6.29. The summed E-state index contributed by atoms with van der Waals surface area (Å²) in [7, 11) is -3.52. The molecule has 2 N–H and O–H groups in total. The molecule has 1 aliphatic rings. The number of thiazole rings is 1. The number of thiophene rings is 1. The van der Waals surface area contributed by atoms with Crippen LogP contribution in [-0.4, -0.2) is 19.4 Å². The molecule has 1 fully saturated rings. The largest absolute Gasteiger partial charge is 0.309 e. The Bertz CT molecular complexity index is 701. The lowest BCUT2D eigenvalue weighted by Gasteiger charge is -2.02. The molecule has 2 heterocycles. The Morgan fingerprint density at radius 2 is 2.25 bits per heavy atom. The first-order chi connectivity index (χ1) is 9.53. The van der Waals surface area contributed by atoms with E-state index in [4.69, 9.17) is 0 Å². The number of nitrogens with zero attached hydrogens (tertiary/aromatic N) is 1. The van der Waals surface area contributed by atoms with Gasteiger partial charge in [-0.15, -0.1) is 22.7 Å². The summed E-state index contributed by atoms with van der Waals surface area (Å²) in [5.74, 6) is 0. The molecule has 2 aromatic rings. The van der Waals surface area contributed by atoms with Gasteiger partial charge in [0, 0.05) is 33.9 Å². The first-order valence-electron chi connectivity index (χ1n) is 6.29. The van der Waals surface area contributed by atoms with Crippen LogP contribution in [0, 0.1) is 6.92 Å². The van der Waals surface area contributed by atoms with E-state index in [9.17, 15) is 8.42 Å². The normalized spacial score (nSPS) is 15.4. The van der Waals surface area contributed by atoms with Gasteiger partial charge in [-0.2, -0.15) is 0 Å². The van der Waals surface area contributed by atoms with E-state index < -0.39 is 10.0 Å². The smallest absolute Gasteiger partial charge is 0.264 e. The molecule has 0 bridgehead atoms. The lowest BCUT2D eigenvalue weighted by Crippen LogP contribution is -2.14. The summed E-state index contributed by atoms with van der Waals surface area (Å²) in [6.45, 7) is 2.63. The van der Waals surface area contributed by atoms with E-state index in [0.29, 0.717) is 16.1 Å². The Morgan fingerprint density at radius 3 is 2.90 bits per heavy atom. The fourth-order valence-electron chi connectivity index (χ4n) is 1.70. The van der Waals surface area contributed by atoms with Gasteiger partial charge in [-0.05, 0) is 25.8 Å². The van der Waals surface area contributed by atoms with Gasteiger partial charge in [0.25, 0.3) is 10.0 Å². The maximum Gasteiger partial charge on any atom is 0.264 e. The van der Waals surface area contributed by atoms with Gasteiger partial charge in [0.05, 0.1) is 4.90 Å². The molecule has 0 aliphatic heterocycles. The SMILES string of the molecule is Cc1cnc(NS(=O)(=O)c2csc(CNC3CC3)c2)s1. The van der Waals surface area contributed by atoms with Crippen molar-refractivity contribution in [1.29, 1.82) is 0 Å². The van der Waals surface area contributed by atoms with Gasteiger partial charge in [-0.3, -0.25) is 4.72 Å². The van der Waals surface area contributed by atoms with Crippen molar-refractivity contribution in [3.8, 4) is 0 Å². The minimum atomic E-state index is -3.52. The van der Waals surface area contributed by atoms with Crippen molar-refractivity contribution in [3.05, 3.63) is 27.4 Å². The van der Waals surface area contributed by atoms with Crippen LogP contribution in [0.25, 0.3) is 0 Å². The van der Waals surface area contributed by atoms with Gasteiger partial charge < -0.3 is 5.32 Å². The van der Waals surface area contributed by atoms with Crippen LogP contribution < -0.4 is 10.0 Å². The molecular weight excluding hydrogens is 314 g/mol. The summed E-state index contributed by atoms with van der Waals surface area (Å²) < 4.78 is 26.9. The molecular formula is C12H15N3O2S3. The van der Waals surface area contributed by atoms with Crippen molar-refractivity contribution < 1.29 is 8.42 Å². The van der Waals surface area contributed by atoms with Gasteiger partial charge in [-0.1, -0.05) is 0 Å². The van der Waals surface area contributed by atoms with Crippen LogP contribution in [0.3, 0.4) is 0 Å². The van der Waals surface area contributed by atoms with Crippen molar-refractivity contribution >= 4 is 37.8 Å². The zero-order valence-corrected chi connectivity index (χ0v) is 13.4. The van der Waals surface area contributed by atoms with E-state index in [1.165, 1.54) is 35.5 Å². The van der Waals surface area contributed by atoms with E-state index in [0.717, 1.165) is 16.3 Å². The summed E-state index contributed by atoms with van der Waals surface area (Å²) >= 11 is 2.79. The third kappa shape index (κ3) is 3.38. The Labute approximate surface area is 126 Å². The van der Waals surface area contributed by atoms with Crippen molar-refractivity contribution in [3.63, 3.8) is 0 Å². The van der Waals surface area contributed by atoms with Crippen LogP contribution in [0.2, 0.25) is 0 Å². The minimum absolute atomic E-state index is 0.308. The first kappa shape index (κ1) is 14.0. The number of hydrogen-bond donors (Lipinski definition) is 2. The molecule has 0 radical (unpaired) electrons. The van der Waals surface area contributed by atoms with Crippen LogP contribution in [0.1, 0.15) is 22.6 Å². The predicted molar refractivity (Wildman–Crippen MR) is 81.8 cm³/mol. The second kappa shape index (κ2) is 5.44. The maximum absolute atomic E-state index is 12.2. The number of sulfonamides is 1. The molecule has 108 valence electrons. The van der Waals surface area contributed by atoms with Crippen LogP contribution >= 0.6 is 22.7 Å². The predicted octanol–water partition coefficient (Wildman–Crippen LogP) is 2.57. The summed E-state index contributed by atoms with van der Waals surface area (Å²) in [6.07, 6.45) is 4.10. The van der Waals surface area contributed by atoms with Crippen LogP contribution in [0.4, 0.5) is 5.13 Å². The van der Waals surface area contributed by atoms with Crippen molar-refractivity contribution in [1.82, 2.24) is 10.3 Å². The first-order valence-corrected chi connectivity index (χ1v) is 9.47. The number of aromatic nitrogens is 1. The van der Waals surface area contributed by atoms with E-state index >= 15 is 0 Å². The molecule has 0 unspecified atom stereocenters. The molecule has 2 aromatic heterocycles. The van der Waals surface area contributed by atoms with Gasteiger partial charge in [0.1, 0.15) is 0 Å². The van der Waals surface area contributed by atoms with E-state index in [1.54, 1.807) is 17.6 Å². The van der Waals surface area contributed by atoms with Gasteiger partial charge in [-0.25, -0.2) is 13.4 Å². The number of anilines is 1. The summed E-state index contributed by atoms with van der Waals surface area (Å²) in [5.41, 5.74) is 0. The number of rotatable bonds is 6. The summed E-state index contributed by atoms with van der Waals surface area (Å²) in [6, 6.07) is 2.34. The Balaban J connectivity index is 1.69. The molecule has 0 atom stereocenters. The molecule has 0 spiro atoms. The average Bonchev–Trinajstić information content (AvgIpc) is 2.93. The van der Waals surface area contributed by atoms with Gasteiger partial charge in [0.15, 0.2) is 5.13 Å². The molecule has 0 saturated heterocycles. The van der Waals surface area contributed by atoms with E-state index in [-0.39, 0.29) is 0 Å². The van der Waals surface area contributed by atoms with E-state index in [2.05, 4.69) is 15.0 Å². The Kier molecular flexibility index (Phi) is 3.80. The quantitative estimate of drug-likeness (QED) is 0.854. The second-order valence-electron chi connectivity index (χ2n) is 4.79. The third-order valence-electron chi connectivity index (χ3n) is 2.93. The molecule has 1 saturated carbocycles. The fourth-order valence-corrected chi connectivity index (χ4v) is 4.83. The summed E-state index contributed by atoms with van der Waals surface area (Å²) in [5, 5.41) is 5.46. The maximum atomic E-state index is 12.2. The molecule has 20 heavy (non-hydrogen) atoms. The molecule has 5 nitrogen and oxygen atoms in total. The van der Waals surface area contributed by atoms with Crippen molar-refractivity contribution in [2.24, 2.45) is 0 Å². The fraction of sp³-hybridized carbons (Fsp3) is 0.417. The van der Waals surface area contributed by atoms with Crippen LogP contribution in [0.5, 0.6) is 0 Å². The molecule has 1 aliphatic carbocycles. The lowest BCUT2D eigenvalue weighted by molar-refractivity contribution is 0.601. The molecule has 0 aromatic carbocycles. The molecule has 3 rings (SSSR count). The van der Waals surface area contributed by atoms with Crippen molar-refractivity contribution in [2.45, 2.75) is 37.2 Å². The highest BCUT2D eigenvalue weighted by Crippen LogP contribution is 2.25. The highest BCUT2D eigenvalue weighted by Gasteiger charge is 2.21. The molecule has 0 amide bonds. The molecule has 8 heteroatoms. The minimum Gasteiger partial charge on any atom is -0.309 e. The zero-order valence-electron chi connectivity index (χ0n) is 10.9. The van der Waals surface area contributed by atoms with Gasteiger partial charge in [0.2, 0.25) is 0 Å². The monoisotopic (exact) mass is 329 g/mol. The van der Waals surface area contributed by atoms with E-state index in [1.807, 2.05) is 6.92 Å². The second-order valence-corrected chi connectivity index (χ2v) is 8.70. The number of nitrogens with one attached hydrogen (secondary N) is 2. The average molecular weight is 329 g/mol. The highest BCUT2D eigenvalue weighted by molar-refractivity contribution is 7.93. The number of aryl methyl sites for hydroxylation is 1. The van der Waals surface area contributed by atoms with Crippen molar-refractivity contribution in [2.75, 3.05) is 4.72 Å². The topological polar surface area (TPSA) is 71.1 Å².